The topological polar surface area (TPSA) is 36.1 Å². The van der Waals surface area contributed by atoms with Crippen LogP contribution in [0.5, 0.6) is 0 Å². The predicted molar refractivity (Wildman–Crippen MR) is 79.4 cm³/mol. The quantitative estimate of drug-likeness (QED) is 0.828. The minimum absolute atomic E-state index is 0.282. The highest BCUT2D eigenvalue weighted by Crippen LogP contribution is 2.18. The summed E-state index contributed by atoms with van der Waals surface area (Å²) in [5.41, 5.74) is 2.57. The van der Waals surface area contributed by atoms with Crippen molar-refractivity contribution >= 4 is 16.7 Å². The summed E-state index contributed by atoms with van der Waals surface area (Å²) in [6.07, 6.45) is 4.80. The molecule has 0 aliphatic carbocycles. The van der Waals surface area contributed by atoms with Crippen LogP contribution in [0.25, 0.3) is 10.9 Å². The number of rotatable bonds is 7. The fourth-order valence-electron chi connectivity index (χ4n) is 2.36. The molecule has 19 heavy (non-hydrogen) atoms. The Morgan fingerprint density at radius 1 is 1.26 bits per heavy atom. The second kappa shape index (κ2) is 6.53. The van der Waals surface area contributed by atoms with Crippen LogP contribution in [0.1, 0.15) is 25.3 Å². The van der Waals surface area contributed by atoms with Crippen molar-refractivity contribution in [2.24, 2.45) is 0 Å². The van der Waals surface area contributed by atoms with E-state index in [1.165, 1.54) is 16.5 Å². The van der Waals surface area contributed by atoms with E-state index in [1.54, 1.807) is 6.92 Å². The van der Waals surface area contributed by atoms with E-state index < -0.39 is 0 Å². The van der Waals surface area contributed by atoms with Gasteiger partial charge in [0.1, 0.15) is 5.78 Å². The lowest BCUT2D eigenvalue weighted by Gasteiger charge is -2.15. The standard InChI is InChI=1S/C16H22N2O/c1-13(19)6-5-10-18(2)11-9-14-12-17-16-8-4-3-7-15(14)16/h3-4,7-8,12,17H,5-6,9-11H2,1-2H3. The molecular formula is C16H22N2O. The summed E-state index contributed by atoms with van der Waals surface area (Å²) in [5.74, 6) is 0.282. The molecule has 0 amide bonds. The average Bonchev–Trinajstić information content (AvgIpc) is 2.79. The van der Waals surface area contributed by atoms with E-state index in [9.17, 15) is 4.79 Å². The number of fused-ring (bicyclic) bond motifs is 1. The molecule has 0 radical (unpaired) electrons. The van der Waals surface area contributed by atoms with Gasteiger partial charge in [-0.05, 0) is 45.0 Å². The largest absolute Gasteiger partial charge is 0.361 e. The van der Waals surface area contributed by atoms with E-state index in [1.807, 2.05) is 0 Å². The molecule has 3 heteroatoms. The third-order valence-electron chi connectivity index (χ3n) is 3.51. The van der Waals surface area contributed by atoms with Gasteiger partial charge in [-0.2, -0.15) is 0 Å². The van der Waals surface area contributed by atoms with Gasteiger partial charge in [0.2, 0.25) is 0 Å². The van der Waals surface area contributed by atoms with Crippen LogP contribution in [0.15, 0.2) is 30.5 Å². The minimum Gasteiger partial charge on any atom is -0.361 e. The number of ketones is 1. The molecule has 0 aliphatic rings. The Morgan fingerprint density at radius 2 is 2.05 bits per heavy atom. The van der Waals surface area contributed by atoms with Crippen molar-refractivity contribution in [2.75, 3.05) is 20.1 Å². The molecule has 2 aromatic rings. The number of hydrogen-bond acceptors (Lipinski definition) is 2. The number of likely N-dealkylation sites (N-methyl/N-ethyl adjacent to an activating group) is 1. The highest BCUT2D eigenvalue weighted by molar-refractivity contribution is 5.83. The molecule has 102 valence electrons. The molecule has 0 atom stereocenters. The molecule has 0 saturated carbocycles. The number of benzene rings is 1. The average molecular weight is 258 g/mol. The van der Waals surface area contributed by atoms with Crippen molar-refractivity contribution in [3.8, 4) is 0 Å². The molecular weight excluding hydrogens is 236 g/mol. The molecule has 0 saturated heterocycles. The van der Waals surface area contributed by atoms with Crippen molar-refractivity contribution in [3.63, 3.8) is 0 Å². The van der Waals surface area contributed by atoms with Crippen LogP contribution in [0.2, 0.25) is 0 Å². The zero-order valence-electron chi connectivity index (χ0n) is 11.8. The van der Waals surface area contributed by atoms with Gasteiger partial charge in [-0.1, -0.05) is 18.2 Å². The third-order valence-corrected chi connectivity index (χ3v) is 3.51. The summed E-state index contributed by atoms with van der Waals surface area (Å²) in [6, 6.07) is 8.40. The van der Waals surface area contributed by atoms with E-state index >= 15 is 0 Å². The second-order valence-corrected chi connectivity index (χ2v) is 5.22. The van der Waals surface area contributed by atoms with E-state index in [4.69, 9.17) is 0 Å². The summed E-state index contributed by atoms with van der Waals surface area (Å²) >= 11 is 0. The zero-order valence-corrected chi connectivity index (χ0v) is 11.8. The first-order valence-corrected chi connectivity index (χ1v) is 6.90. The van der Waals surface area contributed by atoms with Crippen molar-refractivity contribution in [3.05, 3.63) is 36.0 Å². The number of aromatic amines is 1. The molecule has 0 fully saturated rings. The minimum atomic E-state index is 0.282. The Bertz CT molecular complexity index is 544. The molecule has 2 rings (SSSR count). The maximum absolute atomic E-state index is 10.9. The van der Waals surface area contributed by atoms with E-state index in [0.717, 1.165) is 25.9 Å². The van der Waals surface area contributed by atoms with Crippen LogP contribution in [0.4, 0.5) is 0 Å². The molecule has 0 unspecified atom stereocenters. The molecule has 0 spiro atoms. The lowest BCUT2D eigenvalue weighted by Crippen LogP contribution is -2.22. The number of nitrogens with zero attached hydrogens (tertiary/aromatic N) is 1. The lowest BCUT2D eigenvalue weighted by atomic mass is 10.1. The molecule has 1 heterocycles. The SMILES string of the molecule is CC(=O)CCCN(C)CCc1c[nH]c2ccccc12. The summed E-state index contributed by atoms with van der Waals surface area (Å²) < 4.78 is 0. The lowest BCUT2D eigenvalue weighted by molar-refractivity contribution is -0.117. The Hall–Kier alpha value is -1.61. The van der Waals surface area contributed by atoms with Gasteiger partial charge in [0, 0.05) is 30.1 Å². The van der Waals surface area contributed by atoms with Gasteiger partial charge < -0.3 is 14.7 Å². The first-order chi connectivity index (χ1) is 9.16. The van der Waals surface area contributed by atoms with Gasteiger partial charge in [0.25, 0.3) is 0 Å². The summed E-state index contributed by atoms with van der Waals surface area (Å²) in [5, 5.41) is 1.32. The van der Waals surface area contributed by atoms with E-state index in [2.05, 4.69) is 47.4 Å². The van der Waals surface area contributed by atoms with Crippen molar-refractivity contribution in [1.82, 2.24) is 9.88 Å². The molecule has 1 aromatic heterocycles. The maximum Gasteiger partial charge on any atom is 0.129 e. The molecule has 0 bridgehead atoms. The molecule has 1 aromatic carbocycles. The van der Waals surface area contributed by atoms with Crippen LogP contribution >= 0.6 is 0 Å². The van der Waals surface area contributed by atoms with Gasteiger partial charge in [0.15, 0.2) is 0 Å². The monoisotopic (exact) mass is 258 g/mol. The van der Waals surface area contributed by atoms with Gasteiger partial charge in [0.05, 0.1) is 0 Å². The number of carbonyl (C=O) groups is 1. The van der Waals surface area contributed by atoms with Crippen LogP contribution in [0.3, 0.4) is 0 Å². The first-order valence-electron chi connectivity index (χ1n) is 6.90. The Kier molecular flexibility index (Phi) is 4.74. The predicted octanol–water partition coefficient (Wildman–Crippen LogP) is 3.01. The third kappa shape index (κ3) is 3.93. The van der Waals surface area contributed by atoms with Gasteiger partial charge in [-0.3, -0.25) is 0 Å². The van der Waals surface area contributed by atoms with Gasteiger partial charge in [-0.15, -0.1) is 0 Å². The highest BCUT2D eigenvalue weighted by atomic mass is 16.1. The summed E-state index contributed by atoms with van der Waals surface area (Å²) in [6.45, 7) is 3.67. The molecule has 3 nitrogen and oxygen atoms in total. The molecule has 1 N–H and O–H groups in total. The Labute approximate surface area is 114 Å². The maximum atomic E-state index is 10.9. The van der Waals surface area contributed by atoms with E-state index in [0.29, 0.717) is 6.42 Å². The number of hydrogen-bond donors (Lipinski definition) is 1. The van der Waals surface area contributed by atoms with Gasteiger partial charge >= 0.3 is 0 Å². The van der Waals surface area contributed by atoms with Crippen LogP contribution in [-0.2, 0) is 11.2 Å². The number of H-pyrrole nitrogens is 1. The van der Waals surface area contributed by atoms with Gasteiger partial charge in [-0.25, -0.2) is 0 Å². The van der Waals surface area contributed by atoms with Crippen molar-refractivity contribution in [2.45, 2.75) is 26.2 Å². The number of para-hydroxylation sites is 1. The van der Waals surface area contributed by atoms with Crippen LogP contribution < -0.4 is 0 Å². The smallest absolute Gasteiger partial charge is 0.129 e. The number of aromatic nitrogens is 1. The number of nitrogens with one attached hydrogen (secondary N) is 1. The van der Waals surface area contributed by atoms with E-state index in [-0.39, 0.29) is 5.78 Å². The Balaban J connectivity index is 1.83. The van der Waals surface area contributed by atoms with Crippen LogP contribution in [0, 0.1) is 0 Å². The summed E-state index contributed by atoms with van der Waals surface area (Å²) in [4.78, 5) is 16.5. The fourth-order valence-corrected chi connectivity index (χ4v) is 2.36. The number of carbonyl (C=O) groups excluding carboxylic acids is 1. The fraction of sp³-hybridized carbons (Fsp3) is 0.438. The zero-order chi connectivity index (χ0) is 13.7. The van der Waals surface area contributed by atoms with Crippen molar-refractivity contribution < 1.29 is 4.79 Å². The van der Waals surface area contributed by atoms with Crippen LogP contribution in [-0.4, -0.2) is 35.8 Å². The highest BCUT2D eigenvalue weighted by Gasteiger charge is 2.05. The normalized spacial score (nSPS) is 11.3. The van der Waals surface area contributed by atoms with Crippen molar-refractivity contribution in [1.29, 1.82) is 0 Å². The molecule has 0 aliphatic heterocycles. The number of Topliss-reactive ketones (excluding diaryl/α,β-unsaturated/α-hetero) is 1. The second-order valence-electron chi connectivity index (χ2n) is 5.22. The Morgan fingerprint density at radius 3 is 2.84 bits per heavy atom. The summed E-state index contributed by atoms with van der Waals surface area (Å²) in [7, 11) is 2.12. The first kappa shape index (κ1) is 13.8.